The lowest BCUT2D eigenvalue weighted by molar-refractivity contribution is -0.116. The Kier molecular flexibility index (Phi) is 2.31. The van der Waals surface area contributed by atoms with Gasteiger partial charge < -0.3 is 0 Å². The lowest BCUT2D eigenvalue weighted by Crippen LogP contribution is -2.19. The highest BCUT2D eigenvalue weighted by atomic mass is 16.2. The highest BCUT2D eigenvalue weighted by Gasteiger charge is 2.23. The van der Waals surface area contributed by atoms with Crippen molar-refractivity contribution < 1.29 is 4.79 Å². The number of rotatable bonds is 2. The second kappa shape index (κ2) is 3.62. The van der Waals surface area contributed by atoms with Gasteiger partial charge in [0.2, 0.25) is 0 Å². The average molecular weight is 188 g/mol. The Bertz CT molecular complexity index is 370. The zero-order valence-corrected chi connectivity index (χ0v) is 8.10. The monoisotopic (exact) mass is 188 g/mol. The zero-order chi connectivity index (χ0) is 9.97. The van der Waals surface area contributed by atoms with Gasteiger partial charge in [-0.25, -0.2) is 5.01 Å². The van der Waals surface area contributed by atoms with Crippen LogP contribution in [0.1, 0.15) is 19.8 Å². The summed E-state index contributed by atoms with van der Waals surface area (Å²) in [5, 5.41) is 5.74. The van der Waals surface area contributed by atoms with E-state index >= 15 is 0 Å². The van der Waals surface area contributed by atoms with Crippen LogP contribution in [0.15, 0.2) is 35.4 Å². The Morgan fingerprint density at radius 1 is 1.36 bits per heavy atom. The second-order valence-corrected chi connectivity index (χ2v) is 3.24. The first-order valence-corrected chi connectivity index (χ1v) is 4.75. The molecule has 1 heterocycles. The fourth-order valence-electron chi connectivity index (χ4n) is 1.45. The maximum absolute atomic E-state index is 11.6. The summed E-state index contributed by atoms with van der Waals surface area (Å²) in [5.41, 5.74) is 1.81. The molecule has 0 N–H and O–H groups in total. The van der Waals surface area contributed by atoms with Crippen molar-refractivity contribution in [2.75, 3.05) is 5.01 Å². The minimum absolute atomic E-state index is 0.0630. The summed E-state index contributed by atoms with van der Waals surface area (Å²) in [6, 6.07) is 9.51. The minimum atomic E-state index is 0.0630. The summed E-state index contributed by atoms with van der Waals surface area (Å²) in [7, 11) is 0. The van der Waals surface area contributed by atoms with E-state index in [0.717, 1.165) is 17.8 Å². The molecule has 1 aromatic carbocycles. The van der Waals surface area contributed by atoms with Gasteiger partial charge in [0.25, 0.3) is 5.91 Å². The van der Waals surface area contributed by atoms with E-state index in [0.29, 0.717) is 6.42 Å². The number of hydrazone groups is 1. The molecule has 0 atom stereocenters. The third-order valence-electron chi connectivity index (χ3n) is 2.24. The summed E-state index contributed by atoms with van der Waals surface area (Å²) in [6.07, 6.45) is 1.31. The topological polar surface area (TPSA) is 32.7 Å². The number of carbonyl (C=O) groups excluding carboxylic acids is 1. The van der Waals surface area contributed by atoms with Gasteiger partial charge in [0.15, 0.2) is 0 Å². The Morgan fingerprint density at radius 3 is 2.64 bits per heavy atom. The molecule has 3 heteroatoms. The van der Waals surface area contributed by atoms with Crippen molar-refractivity contribution in [2.45, 2.75) is 19.8 Å². The molecule has 1 amide bonds. The van der Waals surface area contributed by atoms with Gasteiger partial charge in [-0.1, -0.05) is 25.1 Å². The molecule has 3 nitrogen and oxygen atoms in total. The predicted molar refractivity (Wildman–Crippen MR) is 56.3 cm³/mol. The molecule has 1 aliphatic heterocycles. The van der Waals surface area contributed by atoms with Gasteiger partial charge in [0, 0.05) is 5.71 Å². The lowest BCUT2D eigenvalue weighted by Gasteiger charge is -2.10. The van der Waals surface area contributed by atoms with Gasteiger partial charge in [-0.15, -0.1) is 0 Å². The largest absolute Gasteiger partial charge is 0.272 e. The molecule has 0 aromatic heterocycles. The van der Waals surface area contributed by atoms with Gasteiger partial charge in [-0.2, -0.15) is 5.10 Å². The summed E-state index contributed by atoms with van der Waals surface area (Å²) in [4.78, 5) is 11.6. The smallest absolute Gasteiger partial charge is 0.253 e. The first-order chi connectivity index (χ1) is 6.81. The summed E-state index contributed by atoms with van der Waals surface area (Å²) in [6.45, 7) is 2.01. The van der Waals surface area contributed by atoms with Gasteiger partial charge in [-0.05, 0) is 18.6 Å². The summed E-state index contributed by atoms with van der Waals surface area (Å²) < 4.78 is 0. The van der Waals surface area contributed by atoms with E-state index in [2.05, 4.69) is 5.10 Å². The molecule has 0 saturated carbocycles. The maximum Gasteiger partial charge on any atom is 0.253 e. The maximum atomic E-state index is 11.6. The van der Waals surface area contributed by atoms with Crippen molar-refractivity contribution in [1.29, 1.82) is 0 Å². The number of hydrogen-bond donors (Lipinski definition) is 0. The molecule has 72 valence electrons. The highest BCUT2D eigenvalue weighted by Crippen LogP contribution is 2.20. The molecule has 0 aliphatic carbocycles. The van der Waals surface area contributed by atoms with E-state index in [4.69, 9.17) is 0 Å². The fourth-order valence-corrected chi connectivity index (χ4v) is 1.45. The fraction of sp³-hybridized carbons (Fsp3) is 0.273. The van der Waals surface area contributed by atoms with Gasteiger partial charge in [0.1, 0.15) is 0 Å². The molecule has 1 aromatic rings. The van der Waals surface area contributed by atoms with Crippen LogP contribution in [0.5, 0.6) is 0 Å². The summed E-state index contributed by atoms with van der Waals surface area (Å²) in [5.74, 6) is 0.0630. The molecule has 0 bridgehead atoms. The van der Waals surface area contributed by atoms with E-state index in [1.165, 1.54) is 5.01 Å². The number of benzene rings is 1. The van der Waals surface area contributed by atoms with Crippen LogP contribution in [-0.2, 0) is 4.79 Å². The molecule has 0 fully saturated rings. The Labute approximate surface area is 83.0 Å². The number of anilines is 1. The molecule has 0 spiro atoms. The van der Waals surface area contributed by atoms with Crippen molar-refractivity contribution in [3.05, 3.63) is 30.3 Å². The average Bonchev–Trinajstić information content (AvgIpc) is 2.61. The molecular formula is C11H12N2O. The Morgan fingerprint density at radius 2 is 2.07 bits per heavy atom. The van der Waals surface area contributed by atoms with Crippen molar-refractivity contribution in [3.8, 4) is 0 Å². The normalized spacial score (nSPS) is 15.9. The van der Waals surface area contributed by atoms with E-state index in [1.54, 1.807) is 0 Å². The first kappa shape index (κ1) is 8.94. The van der Waals surface area contributed by atoms with Crippen LogP contribution in [0.3, 0.4) is 0 Å². The lowest BCUT2D eigenvalue weighted by atomic mass is 10.2. The van der Waals surface area contributed by atoms with Gasteiger partial charge in [0.05, 0.1) is 12.1 Å². The SMILES string of the molecule is CCC1=NN(c2ccccc2)C(=O)C1. The molecule has 0 unspecified atom stereocenters. The van der Waals surface area contributed by atoms with Crippen molar-refractivity contribution >= 4 is 17.3 Å². The second-order valence-electron chi connectivity index (χ2n) is 3.24. The van der Waals surface area contributed by atoms with E-state index in [1.807, 2.05) is 37.3 Å². The standard InChI is InChI=1S/C11H12N2O/c1-2-9-8-11(14)13(12-9)10-6-4-3-5-7-10/h3-7H,2,8H2,1H3. The van der Waals surface area contributed by atoms with Crippen molar-refractivity contribution in [3.63, 3.8) is 0 Å². The molecule has 0 saturated heterocycles. The van der Waals surface area contributed by atoms with Crippen LogP contribution in [0.2, 0.25) is 0 Å². The zero-order valence-electron chi connectivity index (χ0n) is 8.10. The number of para-hydroxylation sites is 1. The molecule has 14 heavy (non-hydrogen) atoms. The predicted octanol–water partition coefficient (Wildman–Crippen LogP) is 2.19. The van der Waals surface area contributed by atoms with Gasteiger partial charge in [-0.3, -0.25) is 4.79 Å². The van der Waals surface area contributed by atoms with Crippen LogP contribution in [0.4, 0.5) is 5.69 Å². The first-order valence-electron chi connectivity index (χ1n) is 4.75. The third-order valence-corrected chi connectivity index (χ3v) is 2.24. The highest BCUT2D eigenvalue weighted by molar-refractivity contribution is 6.12. The molecule has 2 rings (SSSR count). The Hall–Kier alpha value is -1.64. The van der Waals surface area contributed by atoms with Crippen LogP contribution >= 0.6 is 0 Å². The van der Waals surface area contributed by atoms with Crippen molar-refractivity contribution in [1.82, 2.24) is 0 Å². The quantitative estimate of drug-likeness (QED) is 0.700. The van der Waals surface area contributed by atoms with Gasteiger partial charge >= 0.3 is 0 Å². The van der Waals surface area contributed by atoms with Crippen LogP contribution < -0.4 is 5.01 Å². The third kappa shape index (κ3) is 1.53. The summed E-state index contributed by atoms with van der Waals surface area (Å²) >= 11 is 0. The Balaban J connectivity index is 2.28. The molecule has 1 aliphatic rings. The van der Waals surface area contributed by atoms with Crippen LogP contribution in [-0.4, -0.2) is 11.6 Å². The number of amides is 1. The molecule has 0 radical (unpaired) electrons. The van der Waals surface area contributed by atoms with E-state index in [-0.39, 0.29) is 5.91 Å². The molecular weight excluding hydrogens is 176 g/mol. The van der Waals surface area contributed by atoms with Crippen LogP contribution in [0.25, 0.3) is 0 Å². The minimum Gasteiger partial charge on any atom is -0.272 e. The van der Waals surface area contributed by atoms with Crippen molar-refractivity contribution in [2.24, 2.45) is 5.10 Å². The van der Waals surface area contributed by atoms with E-state index < -0.39 is 0 Å². The number of hydrogen-bond acceptors (Lipinski definition) is 2. The number of nitrogens with zero attached hydrogens (tertiary/aromatic N) is 2. The van der Waals surface area contributed by atoms with E-state index in [9.17, 15) is 4.79 Å². The number of carbonyl (C=O) groups is 1. The van der Waals surface area contributed by atoms with Crippen LogP contribution in [0, 0.1) is 0 Å².